The molecule has 1 amide bonds. The maximum Gasteiger partial charge on any atom is 0.232 e. The van der Waals surface area contributed by atoms with Crippen LogP contribution in [0.15, 0.2) is 47.5 Å². The number of amides is 1. The molecule has 1 saturated carbocycles. The molecule has 0 unspecified atom stereocenters. The summed E-state index contributed by atoms with van der Waals surface area (Å²) in [4.78, 5) is 19.4. The number of terminal acetylenes is 1. The van der Waals surface area contributed by atoms with E-state index in [-0.39, 0.29) is 35.6 Å². The molecule has 1 fully saturated rings. The highest BCUT2D eigenvalue weighted by atomic mass is 35.5. The smallest absolute Gasteiger partial charge is 0.232 e. The Balaban J connectivity index is 1.61. The Morgan fingerprint density at radius 2 is 1.94 bits per heavy atom. The predicted octanol–water partition coefficient (Wildman–Crippen LogP) is 4.63. The summed E-state index contributed by atoms with van der Waals surface area (Å²) in [5.74, 6) is 2.66. The Kier molecular flexibility index (Phi) is 5.31. The number of aliphatic imine (C=N–C) groups is 1. The maximum atomic E-state index is 13.2. The van der Waals surface area contributed by atoms with Crippen LogP contribution in [0.3, 0.4) is 0 Å². The van der Waals surface area contributed by atoms with Crippen LogP contribution in [-0.2, 0) is 16.8 Å². The highest BCUT2D eigenvalue weighted by molar-refractivity contribution is 6.32. The lowest BCUT2D eigenvalue weighted by atomic mass is 9.66. The van der Waals surface area contributed by atoms with Gasteiger partial charge >= 0.3 is 0 Å². The maximum absolute atomic E-state index is 13.2. The lowest BCUT2D eigenvalue weighted by Gasteiger charge is -2.49. The Bertz CT molecular complexity index is 1100. The van der Waals surface area contributed by atoms with E-state index in [9.17, 15) is 9.18 Å². The SMILES string of the molecule is C#CC1(C)CC(N2C(=O)C[C@@](C)(c3cccc(Cc4ccc(F)cc4)c3Cl)N=C2N)C1. The first kappa shape index (κ1) is 21.4. The summed E-state index contributed by atoms with van der Waals surface area (Å²) in [6.45, 7) is 3.89. The summed E-state index contributed by atoms with van der Waals surface area (Å²) in [5, 5.41) is 0.552. The molecule has 4 rings (SSSR count). The average molecular weight is 438 g/mol. The summed E-state index contributed by atoms with van der Waals surface area (Å²) < 4.78 is 13.2. The van der Waals surface area contributed by atoms with Crippen LogP contribution in [0.4, 0.5) is 4.39 Å². The van der Waals surface area contributed by atoms with Crippen LogP contribution in [0.5, 0.6) is 0 Å². The van der Waals surface area contributed by atoms with Crippen LogP contribution >= 0.6 is 11.6 Å². The Morgan fingerprint density at radius 3 is 2.55 bits per heavy atom. The quantitative estimate of drug-likeness (QED) is 0.708. The number of carbonyl (C=O) groups excluding carboxylic acids is 1. The molecule has 6 heteroatoms. The summed E-state index contributed by atoms with van der Waals surface area (Å²) in [6.07, 6.45) is 7.76. The first-order valence-electron chi connectivity index (χ1n) is 10.3. The number of nitrogens with two attached hydrogens (primary N) is 1. The molecular weight excluding hydrogens is 413 g/mol. The molecule has 4 nitrogen and oxygen atoms in total. The minimum atomic E-state index is -0.854. The molecule has 0 spiro atoms. The van der Waals surface area contributed by atoms with Crippen LogP contribution in [-0.4, -0.2) is 22.8 Å². The summed E-state index contributed by atoms with van der Waals surface area (Å²) in [6, 6.07) is 12.0. The molecule has 160 valence electrons. The fourth-order valence-electron chi connectivity index (χ4n) is 4.63. The molecule has 2 aromatic carbocycles. The van der Waals surface area contributed by atoms with Gasteiger partial charge in [0.05, 0.1) is 12.0 Å². The molecule has 0 bridgehead atoms. The van der Waals surface area contributed by atoms with Crippen LogP contribution in [0.1, 0.15) is 49.8 Å². The van der Waals surface area contributed by atoms with Crippen LogP contribution in [0.2, 0.25) is 5.02 Å². The molecule has 1 heterocycles. The third-order valence-electron chi connectivity index (χ3n) is 6.42. The van der Waals surface area contributed by atoms with Crippen LogP contribution in [0.25, 0.3) is 0 Å². The second-order valence-electron chi connectivity index (χ2n) is 9.03. The topological polar surface area (TPSA) is 58.7 Å². The van der Waals surface area contributed by atoms with E-state index in [0.29, 0.717) is 11.4 Å². The van der Waals surface area contributed by atoms with Crippen molar-refractivity contribution in [1.29, 1.82) is 0 Å². The molecule has 1 aliphatic heterocycles. The number of nitrogens with zero attached hydrogens (tertiary/aromatic N) is 2. The van der Waals surface area contributed by atoms with Crippen molar-refractivity contribution < 1.29 is 9.18 Å². The minimum Gasteiger partial charge on any atom is -0.369 e. The summed E-state index contributed by atoms with van der Waals surface area (Å²) in [7, 11) is 0. The molecule has 2 aromatic rings. The molecular formula is C25H25ClFN3O. The summed E-state index contributed by atoms with van der Waals surface area (Å²) >= 11 is 6.77. The molecule has 0 radical (unpaired) electrons. The van der Waals surface area contributed by atoms with Crippen LogP contribution in [0, 0.1) is 23.6 Å². The van der Waals surface area contributed by atoms with Crippen molar-refractivity contribution in [3.63, 3.8) is 0 Å². The first-order valence-corrected chi connectivity index (χ1v) is 10.7. The average Bonchev–Trinajstić information content (AvgIpc) is 2.69. The normalized spacial score (nSPS) is 28.0. The lowest BCUT2D eigenvalue weighted by Crippen LogP contribution is -2.59. The number of benzene rings is 2. The molecule has 1 aliphatic carbocycles. The van der Waals surface area contributed by atoms with Gasteiger partial charge in [0.15, 0.2) is 5.96 Å². The number of hydrogen-bond acceptors (Lipinski definition) is 3. The van der Waals surface area contributed by atoms with E-state index in [0.717, 1.165) is 29.5 Å². The van der Waals surface area contributed by atoms with Crippen molar-refractivity contribution in [2.45, 2.75) is 51.1 Å². The van der Waals surface area contributed by atoms with Crippen LogP contribution < -0.4 is 5.73 Å². The highest BCUT2D eigenvalue weighted by Crippen LogP contribution is 2.45. The van der Waals surface area contributed by atoms with Gasteiger partial charge in [-0.2, -0.15) is 0 Å². The van der Waals surface area contributed by atoms with Crippen molar-refractivity contribution in [2.24, 2.45) is 16.1 Å². The number of guanidine groups is 1. The Hall–Kier alpha value is -2.84. The fraction of sp³-hybridized carbons (Fsp3) is 0.360. The Labute approximate surface area is 187 Å². The second kappa shape index (κ2) is 7.69. The van der Waals surface area contributed by atoms with E-state index in [2.05, 4.69) is 5.92 Å². The number of halogens is 2. The van der Waals surface area contributed by atoms with E-state index in [4.69, 9.17) is 28.8 Å². The van der Waals surface area contributed by atoms with Gasteiger partial charge in [-0.15, -0.1) is 12.3 Å². The molecule has 2 N–H and O–H groups in total. The number of carbonyl (C=O) groups is 1. The highest BCUT2D eigenvalue weighted by Gasteiger charge is 2.48. The van der Waals surface area contributed by atoms with Gasteiger partial charge in [-0.05, 0) is 61.9 Å². The molecule has 0 saturated heterocycles. The zero-order chi connectivity index (χ0) is 22.4. The number of rotatable bonds is 4. The van der Waals surface area contributed by atoms with Crippen molar-refractivity contribution >= 4 is 23.5 Å². The van der Waals surface area contributed by atoms with E-state index >= 15 is 0 Å². The van der Waals surface area contributed by atoms with Crippen molar-refractivity contribution in [3.8, 4) is 12.3 Å². The number of hydrogen-bond donors (Lipinski definition) is 1. The van der Waals surface area contributed by atoms with E-state index in [1.54, 1.807) is 17.0 Å². The van der Waals surface area contributed by atoms with E-state index in [1.807, 2.05) is 32.0 Å². The van der Waals surface area contributed by atoms with Gasteiger partial charge in [0.2, 0.25) is 5.91 Å². The summed E-state index contributed by atoms with van der Waals surface area (Å²) in [5.41, 5.74) is 7.82. The third-order valence-corrected chi connectivity index (χ3v) is 6.87. The lowest BCUT2D eigenvalue weighted by molar-refractivity contribution is -0.134. The van der Waals surface area contributed by atoms with Gasteiger partial charge in [-0.25, -0.2) is 9.38 Å². The van der Waals surface area contributed by atoms with Gasteiger partial charge in [0.25, 0.3) is 0 Å². The fourth-order valence-corrected chi connectivity index (χ4v) is 5.03. The molecule has 31 heavy (non-hydrogen) atoms. The monoisotopic (exact) mass is 437 g/mol. The molecule has 0 aromatic heterocycles. The second-order valence-corrected chi connectivity index (χ2v) is 9.41. The standard InChI is InChI=1S/C25H25ClFN3O/c1-4-24(2)13-19(14-24)30-21(31)15-25(3,29-23(30)28)20-7-5-6-17(22(20)26)12-16-8-10-18(27)11-9-16/h1,5-11,19H,12-15H2,2-3H3,(H2,28,29)/t19?,24?,25-/m0/s1. The first-order chi connectivity index (χ1) is 14.6. The Morgan fingerprint density at radius 1 is 1.26 bits per heavy atom. The predicted molar refractivity (Wildman–Crippen MR) is 121 cm³/mol. The molecule has 1 atom stereocenters. The largest absolute Gasteiger partial charge is 0.369 e. The van der Waals surface area contributed by atoms with Crippen molar-refractivity contribution in [1.82, 2.24) is 4.90 Å². The zero-order valence-corrected chi connectivity index (χ0v) is 18.4. The van der Waals surface area contributed by atoms with Gasteiger partial charge in [-0.1, -0.05) is 41.9 Å². The van der Waals surface area contributed by atoms with Crippen molar-refractivity contribution in [3.05, 3.63) is 70.0 Å². The van der Waals surface area contributed by atoms with Gasteiger partial charge in [0.1, 0.15) is 5.82 Å². The van der Waals surface area contributed by atoms with E-state index in [1.165, 1.54) is 12.1 Å². The van der Waals surface area contributed by atoms with E-state index < -0.39 is 5.54 Å². The van der Waals surface area contributed by atoms with Crippen molar-refractivity contribution in [2.75, 3.05) is 0 Å². The van der Waals surface area contributed by atoms with Gasteiger partial charge in [-0.3, -0.25) is 9.69 Å². The van der Waals surface area contributed by atoms with Gasteiger partial charge < -0.3 is 5.73 Å². The van der Waals surface area contributed by atoms with Gasteiger partial charge in [0, 0.05) is 16.5 Å². The zero-order valence-electron chi connectivity index (χ0n) is 17.7. The third kappa shape index (κ3) is 3.93. The minimum absolute atomic E-state index is 0.0119. The molecule has 2 aliphatic rings.